The second-order valence-electron chi connectivity index (χ2n) is 5.22. The predicted molar refractivity (Wildman–Crippen MR) is 85.1 cm³/mol. The van der Waals surface area contributed by atoms with Crippen LogP contribution < -0.4 is 5.32 Å². The van der Waals surface area contributed by atoms with E-state index in [1.807, 2.05) is 11.8 Å². The zero-order valence-electron chi connectivity index (χ0n) is 11.7. The van der Waals surface area contributed by atoms with Crippen LogP contribution in [0.25, 0.3) is 10.9 Å². The third kappa shape index (κ3) is 2.81. The number of rotatable bonds is 4. The molecule has 5 nitrogen and oxygen atoms in total. The van der Waals surface area contributed by atoms with E-state index in [-0.39, 0.29) is 5.56 Å². The maximum atomic E-state index is 11.0. The number of carbonyl (C=O) groups is 1. The lowest BCUT2D eigenvalue weighted by molar-refractivity contribution is 0.0697. The molecule has 1 saturated carbocycles. The first-order valence-corrected chi connectivity index (χ1v) is 8.25. The number of aromatic carboxylic acids is 1. The number of hydrogen-bond acceptors (Lipinski definition) is 5. The molecule has 2 atom stereocenters. The number of nitrogens with zero attached hydrogens (tertiary/aromatic N) is 2. The van der Waals surface area contributed by atoms with Crippen molar-refractivity contribution >= 4 is 34.5 Å². The molecule has 6 heteroatoms. The molecule has 1 aromatic carbocycles. The van der Waals surface area contributed by atoms with Crippen LogP contribution in [0.1, 0.15) is 29.6 Å². The molecule has 0 saturated heterocycles. The molecule has 0 amide bonds. The van der Waals surface area contributed by atoms with Crippen LogP contribution in [-0.2, 0) is 0 Å². The molecule has 2 unspecified atom stereocenters. The van der Waals surface area contributed by atoms with Gasteiger partial charge in [0.1, 0.15) is 12.1 Å². The van der Waals surface area contributed by atoms with Crippen molar-refractivity contribution in [2.45, 2.75) is 30.6 Å². The Balaban J connectivity index is 1.93. The molecule has 2 N–H and O–H groups in total. The Kier molecular flexibility index (Phi) is 3.96. The van der Waals surface area contributed by atoms with Gasteiger partial charge in [-0.1, -0.05) is 6.42 Å². The SMILES string of the molecule is CSC1CCCC1Nc1ncnc2cc(C(=O)O)ccc12. The van der Waals surface area contributed by atoms with Gasteiger partial charge in [-0.3, -0.25) is 0 Å². The molecular weight excluding hydrogens is 286 g/mol. The summed E-state index contributed by atoms with van der Waals surface area (Å²) >= 11 is 1.89. The largest absolute Gasteiger partial charge is 0.478 e. The Hall–Kier alpha value is -1.82. The Morgan fingerprint density at radius 1 is 1.38 bits per heavy atom. The van der Waals surface area contributed by atoms with E-state index in [0.29, 0.717) is 16.8 Å². The molecule has 0 radical (unpaired) electrons. The average Bonchev–Trinajstić information content (AvgIpc) is 2.94. The minimum Gasteiger partial charge on any atom is -0.478 e. The van der Waals surface area contributed by atoms with Crippen molar-refractivity contribution in [1.29, 1.82) is 0 Å². The van der Waals surface area contributed by atoms with Crippen LogP contribution in [0.4, 0.5) is 5.82 Å². The molecule has 1 heterocycles. The number of aromatic nitrogens is 2. The molecular formula is C15H17N3O2S. The number of thioether (sulfide) groups is 1. The zero-order valence-corrected chi connectivity index (χ0v) is 12.6. The van der Waals surface area contributed by atoms with Crippen LogP contribution in [0.5, 0.6) is 0 Å². The molecule has 3 rings (SSSR count). The highest BCUT2D eigenvalue weighted by Crippen LogP contribution is 2.31. The van der Waals surface area contributed by atoms with E-state index in [2.05, 4.69) is 21.5 Å². The summed E-state index contributed by atoms with van der Waals surface area (Å²) in [5.41, 5.74) is 0.904. The third-order valence-electron chi connectivity index (χ3n) is 3.96. The van der Waals surface area contributed by atoms with Crippen LogP contribution in [0.2, 0.25) is 0 Å². The van der Waals surface area contributed by atoms with Gasteiger partial charge in [0, 0.05) is 16.7 Å². The van der Waals surface area contributed by atoms with Crippen molar-refractivity contribution in [3.05, 3.63) is 30.1 Å². The summed E-state index contributed by atoms with van der Waals surface area (Å²) in [5.74, 6) is -0.147. The third-order valence-corrected chi connectivity index (χ3v) is 5.13. The summed E-state index contributed by atoms with van der Waals surface area (Å²) in [5, 5.41) is 14.0. The van der Waals surface area contributed by atoms with Crippen LogP contribution in [0.3, 0.4) is 0 Å². The fourth-order valence-corrected chi connectivity index (χ4v) is 3.79. The highest BCUT2D eigenvalue weighted by Gasteiger charge is 2.27. The maximum absolute atomic E-state index is 11.0. The number of hydrogen-bond donors (Lipinski definition) is 2. The number of fused-ring (bicyclic) bond motifs is 1. The lowest BCUT2D eigenvalue weighted by Gasteiger charge is -2.20. The van der Waals surface area contributed by atoms with Gasteiger partial charge in [0.2, 0.25) is 0 Å². The van der Waals surface area contributed by atoms with E-state index >= 15 is 0 Å². The van der Waals surface area contributed by atoms with Crippen LogP contribution in [0.15, 0.2) is 24.5 Å². The van der Waals surface area contributed by atoms with E-state index in [4.69, 9.17) is 5.11 Å². The van der Waals surface area contributed by atoms with Crippen molar-refractivity contribution in [2.75, 3.05) is 11.6 Å². The summed E-state index contributed by atoms with van der Waals surface area (Å²) in [6, 6.07) is 5.38. The predicted octanol–water partition coefficient (Wildman–Crippen LogP) is 3.02. The van der Waals surface area contributed by atoms with Gasteiger partial charge in [0.05, 0.1) is 11.1 Å². The van der Waals surface area contributed by atoms with Gasteiger partial charge in [-0.25, -0.2) is 14.8 Å². The van der Waals surface area contributed by atoms with Crippen molar-refractivity contribution in [3.8, 4) is 0 Å². The molecule has 1 fully saturated rings. The fraction of sp³-hybridized carbons (Fsp3) is 0.400. The second kappa shape index (κ2) is 5.89. The molecule has 21 heavy (non-hydrogen) atoms. The van der Waals surface area contributed by atoms with E-state index in [1.165, 1.54) is 19.2 Å². The van der Waals surface area contributed by atoms with Gasteiger partial charge < -0.3 is 10.4 Å². The second-order valence-corrected chi connectivity index (χ2v) is 6.29. The van der Waals surface area contributed by atoms with Gasteiger partial charge in [-0.2, -0.15) is 11.8 Å². The van der Waals surface area contributed by atoms with Crippen LogP contribution >= 0.6 is 11.8 Å². The smallest absolute Gasteiger partial charge is 0.335 e. The molecule has 110 valence electrons. The zero-order chi connectivity index (χ0) is 14.8. The van der Waals surface area contributed by atoms with Crippen molar-refractivity contribution < 1.29 is 9.90 Å². The van der Waals surface area contributed by atoms with Gasteiger partial charge in [-0.05, 0) is 37.3 Å². The summed E-state index contributed by atoms with van der Waals surface area (Å²) in [6.45, 7) is 0. The van der Waals surface area contributed by atoms with Crippen LogP contribution in [-0.4, -0.2) is 38.6 Å². The van der Waals surface area contributed by atoms with Crippen LogP contribution in [0, 0.1) is 0 Å². The Morgan fingerprint density at radius 2 is 2.24 bits per heavy atom. The van der Waals surface area contributed by atoms with E-state index < -0.39 is 5.97 Å². The quantitative estimate of drug-likeness (QED) is 0.904. The highest BCUT2D eigenvalue weighted by molar-refractivity contribution is 7.99. The number of benzene rings is 1. The Bertz CT molecular complexity index is 677. The molecule has 1 aliphatic rings. The summed E-state index contributed by atoms with van der Waals surface area (Å²) in [6.07, 6.45) is 7.23. The monoisotopic (exact) mass is 303 g/mol. The van der Waals surface area contributed by atoms with Crippen molar-refractivity contribution in [1.82, 2.24) is 9.97 Å². The minimum absolute atomic E-state index is 0.245. The molecule has 0 spiro atoms. The van der Waals surface area contributed by atoms with E-state index in [0.717, 1.165) is 17.6 Å². The maximum Gasteiger partial charge on any atom is 0.335 e. The Labute approximate surface area is 127 Å². The highest BCUT2D eigenvalue weighted by atomic mass is 32.2. The minimum atomic E-state index is -0.941. The first kappa shape index (κ1) is 14.1. The van der Waals surface area contributed by atoms with Gasteiger partial charge in [-0.15, -0.1) is 0 Å². The van der Waals surface area contributed by atoms with Crippen molar-refractivity contribution in [2.24, 2.45) is 0 Å². The average molecular weight is 303 g/mol. The van der Waals surface area contributed by atoms with Gasteiger partial charge >= 0.3 is 5.97 Å². The number of anilines is 1. The molecule has 2 aromatic rings. The summed E-state index contributed by atoms with van der Waals surface area (Å²) < 4.78 is 0. The normalized spacial score (nSPS) is 21.6. The lowest BCUT2D eigenvalue weighted by Crippen LogP contribution is -2.26. The van der Waals surface area contributed by atoms with Gasteiger partial charge in [0.15, 0.2) is 0 Å². The standard InChI is InChI=1S/C15H17N3O2S/c1-21-13-4-2-3-11(13)18-14-10-6-5-9(15(19)20)7-12(10)16-8-17-14/h5-8,11,13H,2-4H2,1H3,(H,19,20)(H,16,17,18). The molecule has 1 aromatic heterocycles. The van der Waals surface area contributed by atoms with Crippen molar-refractivity contribution in [3.63, 3.8) is 0 Å². The summed E-state index contributed by atoms with van der Waals surface area (Å²) in [4.78, 5) is 19.5. The first-order valence-electron chi connectivity index (χ1n) is 6.96. The molecule has 0 aliphatic heterocycles. The number of carboxylic acid groups (broad SMARTS) is 1. The number of nitrogens with one attached hydrogen (secondary N) is 1. The molecule has 1 aliphatic carbocycles. The lowest BCUT2D eigenvalue weighted by atomic mass is 10.1. The fourth-order valence-electron chi connectivity index (χ4n) is 2.85. The van der Waals surface area contributed by atoms with E-state index in [1.54, 1.807) is 18.2 Å². The first-order chi connectivity index (χ1) is 10.2. The van der Waals surface area contributed by atoms with E-state index in [9.17, 15) is 4.79 Å². The topological polar surface area (TPSA) is 75.1 Å². The van der Waals surface area contributed by atoms with Gasteiger partial charge in [0.25, 0.3) is 0 Å². The summed E-state index contributed by atoms with van der Waals surface area (Å²) in [7, 11) is 0. The molecule has 0 bridgehead atoms. The number of carboxylic acids is 1. The Morgan fingerprint density at radius 3 is 3.00 bits per heavy atom.